The average molecular weight is 391 g/mol. The molecule has 0 radical (unpaired) electrons. The van der Waals surface area contributed by atoms with Crippen molar-refractivity contribution in [3.05, 3.63) is 35.7 Å². The first-order chi connectivity index (χ1) is 13.9. The summed E-state index contributed by atoms with van der Waals surface area (Å²) in [5.41, 5.74) is 1.69. The quantitative estimate of drug-likeness (QED) is 0.684. The lowest BCUT2D eigenvalue weighted by Gasteiger charge is -2.60. The summed E-state index contributed by atoms with van der Waals surface area (Å²) in [6.07, 6.45) is 9.56. The van der Waals surface area contributed by atoms with Crippen molar-refractivity contribution in [3.8, 4) is 0 Å². The van der Waals surface area contributed by atoms with Gasteiger partial charge in [-0.3, -0.25) is 14.8 Å². The van der Waals surface area contributed by atoms with Crippen LogP contribution < -0.4 is 10.6 Å². The Bertz CT molecular complexity index is 1080. The highest BCUT2D eigenvalue weighted by atomic mass is 16.3. The number of carbonyl (C=O) groups is 1. The molecule has 2 heterocycles. The molecule has 3 N–H and O–H groups in total. The Labute approximate surface area is 168 Å². The van der Waals surface area contributed by atoms with Crippen molar-refractivity contribution < 1.29 is 9.90 Å². The zero-order valence-electron chi connectivity index (χ0n) is 16.5. The first-order valence-corrected chi connectivity index (χ1v) is 10.4. The minimum Gasteiger partial charge on any atom is -0.390 e. The van der Waals surface area contributed by atoms with Crippen LogP contribution in [0.25, 0.3) is 17.0 Å². The van der Waals surface area contributed by atoms with Gasteiger partial charge in [-0.05, 0) is 74.1 Å². The molecule has 4 aliphatic carbocycles. The van der Waals surface area contributed by atoms with Crippen molar-refractivity contribution in [2.24, 2.45) is 23.9 Å². The molecule has 5 aliphatic rings. The van der Waals surface area contributed by atoms with Crippen LogP contribution in [0.4, 0.5) is 0 Å². The number of nitrogens with one attached hydrogen (secondary N) is 2. The van der Waals surface area contributed by atoms with E-state index in [1.807, 2.05) is 42.2 Å². The molecular weight excluding hydrogens is 366 g/mol. The Hall–Kier alpha value is -2.67. The molecule has 4 fully saturated rings. The number of aryl methyl sites for hydroxylation is 1. The van der Waals surface area contributed by atoms with Crippen LogP contribution in [-0.4, -0.2) is 37.9 Å². The second-order valence-corrected chi connectivity index (χ2v) is 9.62. The van der Waals surface area contributed by atoms with Crippen LogP contribution in [0, 0.1) is 11.8 Å². The zero-order chi connectivity index (χ0) is 19.8. The lowest BCUT2D eigenvalue weighted by atomic mass is 9.51. The summed E-state index contributed by atoms with van der Waals surface area (Å²) >= 11 is 0. The van der Waals surface area contributed by atoms with Crippen molar-refractivity contribution in [2.45, 2.75) is 49.7 Å². The molecule has 0 saturated heterocycles. The normalized spacial score (nSPS) is 36.7. The van der Waals surface area contributed by atoms with E-state index >= 15 is 0 Å². The van der Waals surface area contributed by atoms with Gasteiger partial charge in [0.05, 0.1) is 17.3 Å². The van der Waals surface area contributed by atoms with E-state index in [1.54, 1.807) is 0 Å². The summed E-state index contributed by atoms with van der Waals surface area (Å²) in [6.45, 7) is 0. The summed E-state index contributed by atoms with van der Waals surface area (Å²) in [7, 11) is 1.91. The third-order valence-corrected chi connectivity index (χ3v) is 7.18. The number of hydrogen-bond donors (Lipinski definition) is 3. The van der Waals surface area contributed by atoms with Crippen molar-refractivity contribution in [2.75, 3.05) is 0 Å². The molecule has 7 heteroatoms. The second kappa shape index (κ2) is 5.69. The topological polar surface area (TPSA) is 91.5 Å². The summed E-state index contributed by atoms with van der Waals surface area (Å²) in [5.74, 6) is 1.48. The number of nitrogens with zero attached hydrogens (tertiary/aromatic N) is 3. The highest BCUT2D eigenvalue weighted by molar-refractivity contribution is 6.14. The summed E-state index contributed by atoms with van der Waals surface area (Å²) in [6, 6.07) is 5.98. The molecule has 7 rings (SSSR count). The van der Waals surface area contributed by atoms with E-state index < -0.39 is 5.60 Å². The monoisotopic (exact) mass is 391 g/mol. The molecule has 7 nitrogen and oxygen atoms in total. The molecule has 4 saturated carbocycles. The fourth-order valence-corrected chi connectivity index (χ4v) is 6.57. The Balaban J connectivity index is 1.27. The van der Waals surface area contributed by atoms with Crippen LogP contribution in [0.5, 0.6) is 0 Å². The maximum atomic E-state index is 12.5. The standard InChI is InChI=1S/C22H25N5O2/c1-27-18-3-2-13(5-16(18)11-23-27)6-17-19(28)25-20(24-17)26-21-7-14-4-15(8-21)10-22(29,9-14)12-21/h2-3,5-6,11,14-15,29H,4,7-10,12H2,1H3,(H2,24,25,26,28)/b17-6-. The maximum absolute atomic E-state index is 12.5. The van der Waals surface area contributed by atoms with Gasteiger partial charge < -0.3 is 10.4 Å². The number of aliphatic hydroxyl groups is 1. The molecule has 4 bridgehead atoms. The lowest BCUT2D eigenvalue weighted by Crippen LogP contribution is -2.66. The van der Waals surface area contributed by atoms with E-state index in [1.165, 1.54) is 6.42 Å². The molecule has 2 unspecified atom stereocenters. The minimum atomic E-state index is -0.544. The fraction of sp³-hybridized carbons (Fsp3) is 0.500. The molecular formula is C22H25N5O2. The van der Waals surface area contributed by atoms with Crippen molar-refractivity contribution in [1.82, 2.24) is 20.4 Å². The molecule has 1 aromatic heterocycles. The maximum Gasteiger partial charge on any atom is 0.276 e. The van der Waals surface area contributed by atoms with Crippen LogP contribution in [0.15, 0.2) is 35.1 Å². The van der Waals surface area contributed by atoms with Gasteiger partial charge in [0.15, 0.2) is 0 Å². The van der Waals surface area contributed by atoms with Gasteiger partial charge >= 0.3 is 0 Å². The number of benzene rings is 1. The smallest absolute Gasteiger partial charge is 0.276 e. The Morgan fingerprint density at radius 1 is 1.28 bits per heavy atom. The molecule has 1 aliphatic heterocycles. The van der Waals surface area contributed by atoms with Gasteiger partial charge in [0.25, 0.3) is 5.91 Å². The molecule has 1 aromatic carbocycles. The number of aliphatic imine (C=N–C) groups is 1. The molecule has 29 heavy (non-hydrogen) atoms. The van der Waals surface area contributed by atoms with E-state index in [0.29, 0.717) is 23.5 Å². The van der Waals surface area contributed by atoms with Crippen molar-refractivity contribution in [1.29, 1.82) is 0 Å². The highest BCUT2D eigenvalue weighted by Gasteiger charge is 2.57. The first kappa shape index (κ1) is 17.2. The summed E-state index contributed by atoms with van der Waals surface area (Å²) in [4.78, 5) is 17.1. The summed E-state index contributed by atoms with van der Waals surface area (Å²) < 4.78 is 1.83. The number of rotatable bonds is 2. The highest BCUT2D eigenvalue weighted by Crippen LogP contribution is 2.57. The van der Waals surface area contributed by atoms with Gasteiger partial charge in [-0.25, -0.2) is 4.99 Å². The predicted octanol–water partition coefficient (Wildman–Crippen LogP) is 2.07. The van der Waals surface area contributed by atoms with E-state index in [4.69, 9.17) is 0 Å². The van der Waals surface area contributed by atoms with Gasteiger partial charge in [0.2, 0.25) is 5.96 Å². The number of fused-ring (bicyclic) bond motifs is 1. The first-order valence-electron chi connectivity index (χ1n) is 10.4. The number of hydrogen-bond acceptors (Lipinski definition) is 5. The number of carbonyl (C=O) groups excluding carboxylic acids is 1. The molecule has 2 aromatic rings. The van der Waals surface area contributed by atoms with Crippen LogP contribution in [0.3, 0.4) is 0 Å². The van der Waals surface area contributed by atoms with Crippen molar-refractivity contribution >= 4 is 28.8 Å². The third-order valence-electron chi connectivity index (χ3n) is 7.18. The van der Waals surface area contributed by atoms with Crippen molar-refractivity contribution in [3.63, 3.8) is 0 Å². The van der Waals surface area contributed by atoms with Gasteiger partial charge in [-0.2, -0.15) is 5.10 Å². The van der Waals surface area contributed by atoms with Crippen LogP contribution in [0.2, 0.25) is 0 Å². The van der Waals surface area contributed by atoms with Gasteiger partial charge in [0.1, 0.15) is 5.70 Å². The van der Waals surface area contributed by atoms with Crippen LogP contribution in [-0.2, 0) is 11.8 Å². The number of aromatic nitrogens is 2. The second-order valence-electron chi connectivity index (χ2n) is 9.62. The summed E-state index contributed by atoms with van der Waals surface area (Å²) in [5, 5.41) is 22.7. The SMILES string of the molecule is Cn1ncc2cc(/C=C3\N=C(NC45CC6CC(CC(O)(C6)C4)C5)NC3=O)ccc21. The van der Waals surface area contributed by atoms with E-state index in [-0.39, 0.29) is 11.4 Å². The largest absolute Gasteiger partial charge is 0.390 e. The third kappa shape index (κ3) is 2.79. The number of guanidine groups is 1. The van der Waals surface area contributed by atoms with Crippen LogP contribution >= 0.6 is 0 Å². The Morgan fingerprint density at radius 2 is 2.07 bits per heavy atom. The Kier molecular flexibility index (Phi) is 3.38. The Morgan fingerprint density at radius 3 is 2.83 bits per heavy atom. The molecule has 2 atom stereocenters. The molecule has 150 valence electrons. The molecule has 1 amide bonds. The fourth-order valence-electron chi connectivity index (χ4n) is 6.57. The zero-order valence-corrected chi connectivity index (χ0v) is 16.5. The van der Waals surface area contributed by atoms with Gasteiger partial charge in [-0.15, -0.1) is 0 Å². The van der Waals surface area contributed by atoms with Gasteiger partial charge in [0, 0.05) is 18.0 Å². The number of amides is 1. The minimum absolute atomic E-state index is 0.144. The van der Waals surface area contributed by atoms with E-state index in [0.717, 1.165) is 48.6 Å². The van der Waals surface area contributed by atoms with Crippen LogP contribution in [0.1, 0.15) is 44.1 Å². The molecule has 0 spiro atoms. The average Bonchev–Trinajstić information content (AvgIpc) is 3.15. The van der Waals surface area contributed by atoms with Gasteiger partial charge in [-0.1, -0.05) is 6.07 Å². The lowest BCUT2D eigenvalue weighted by molar-refractivity contribution is -0.138. The van der Waals surface area contributed by atoms with E-state index in [2.05, 4.69) is 20.7 Å². The predicted molar refractivity (Wildman–Crippen MR) is 110 cm³/mol. The van der Waals surface area contributed by atoms with E-state index in [9.17, 15) is 9.90 Å².